The number of piperidine rings is 2. The summed E-state index contributed by atoms with van der Waals surface area (Å²) in [6.07, 6.45) is 11.7. The molecule has 16 heavy (non-hydrogen) atoms. The molecule has 1 aliphatic carbocycles. The molecule has 3 aliphatic rings. The maximum Gasteiger partial charge on any atom is 0.0252 e. The highest BCUT2D eigenvalue weighted by Gasteiger charge is 2.37. The summed E-state index contributed by atoms with van der Waals surface area (Å²) in [5.41, 5.74) is 0. The summed E-state index contributed by atoms with van der Waals surface area (Å²) in [6, 6.07) is 1.71. The molecule has 2 nitrogen and oxygen atoms in total. The fourth-order valence-electron chi connectivity index (χ4n) is 4.18. The average Bonchev–Trinajstić information content (AvgIpc) is 2.39. The summed E-state index contributed by atoms with van der Waals surface area (Å²) in [5, 5.41) is 3.83. The first kappa shape index (κ1) is 11.0. The molecule has 3 atom stereocenters. The number of fused-ring (bicyclic) bond motifs is 1. The standard InChI is InChI=1S/C14H26N2/c1-2-10-16(11-3-1)13-8-4-6-12-7-5-9-15-14(12)13/h12-15H,1-11H2. The molecule has 0 aromatic heterocycles. The van der Waals surface area contributed by atoms with Crippen LogP contribution in [0.15, 0.2) is 0 Å². The smallest absolute Gasteiger partial charge is 0.0252 e. The average molecular weight is 222 g/mol. The monoisotopic (exact) mass is 222 g/mol. The summed E-state index contributed by atoms with van der Waals surface area (Å²) in [4.78, 5) is 2.80. The van der Waals surface area contributed by atoms with Gasteiger partial charge in [0.25, 0.3) is 0 Å². The molecule has 92 valence electrons. The van der Waals surface area contributed by atoms with Gasteiger partial charge in [-0.15, -0.1) is 0 Å². The molecule has 0 aromatic carbocycles. The second-order valence-electron chi connectivity index (χ2n) is 5.98. The lowest BCUT2D eigenvalue weighted by Crippen LogP contribution is -2.58. The van der Waals surface area contributed by atoms with Crippen molar-refractivity contribution in [3.63, 3.8) is 0 Å². The van der Waals surface area contributed by atoms with Crippen LogP contribution < -0.4 is 5.32 Å². The largest absolute Gasteiger partial charge is 0.312 e. The number of hydrogen-bond donors (Lipinski definition) is 1. The van der Waals surface area contributed by atoms with Crippen LogP contribution in [0.25, 0.3) is 0 Å². The van der Waals surface area contributed by atoms with Crippen LogP contribution in [0.3, 0.4) is 0 Å². The van der Waals surface area contributed by atoms with E-state index in [0.717, 1.165) is 18.0 Å². The van der Waals surface area contributed by atoms with Crippen LogP contribution in [0.1, 0.15) is 51.4 Å². The Kier molecular flexibility index (Phi) is 3.49. The molecule has 2 heterocycles. The zero-order valence-electron chi connectivity index (χ0n) is 10.5. The lowest BCUT2D eigenvalue weighted by Gasteiger charge is -2.47. The Hall–Kier alpha value is -0.0800. The highest BCUT2D eigenvalue weighted by atomic mass is 15.2. The third-order valence-electron chi connectivity index (χ3n) is 4.99. The summed E-state index contributed by atoms with van der Waals surface area (Å²) >= 11 is 0. The van der Waals surface area contributed by atoms with Gasteiger partial charge in [-0.05, 0) is 64.1 Å². The second kappa shape index (κ2) is 5.05. The van der Waals surface area contributed by atoms with E-state index in [1.54, 1.807) is 0 Å². The molecule has 3 unspecified atom stereocenters. The van der Waals surface area contributed by atoms with Crippen molar-refractivity contribution in [2.75, 3.05) is 19.6 Å². The highest BCUT2D eigenvalue weighted by Crippen LogP contribution is 2.34. The van der Waals surface area contributed by atoms with Crippen molar-refractivity contribution in [2.45, 2.75) is 63.5 Å². The third-order valence-corrected chi connectivity index (χ3v) is 4.99. The summed E-state index contributed by atoms with van der Waals surface area (Å²) in [6.45, 7) is 4.01. The Balaban J connectivity index is 1.67. The fourth-order valence-corrected chi connectivity index (χ4v) is 4.18. The molecule has 2 saturated heterocycles. The Bertz CT molecular complexity index is 221. The van der Waals surface area contributed by atoms with Crippen molar-refractivity contribution in [3.8, 4) is 0 Å². The van der Waals surface area contributed by atoms with E-state index in [2.05, 4.69) is 10.2 Å². The summed E-state index contributed by atoms with van der Waals surface area (Å²) < 4.78 is 0. The van der Waals surface area contributed by atoms with E-state index in [4.69, 9.17) is 0 Å². The number of rotatable bonds is 1. The molecule has 2 heteroatoms. The van der Waals surface area contributed by atoms with E-state index in [1.165, 1.54) is 71.0 Å². The third kappa shape index (κ3) is 2.14. The van der Waals surface area contributed by atoms with Gasteiger partial charge in [0.1, 0.15) is 0 Å². The first-order valence-electron chi connectivity index (χ1n) is 7.42. The maximum atomic E-state index is 3.83. The fraction of sp³-hybridized carbons (Fsp3) is 1.00. The highest BCUT2D eigenvalue weighted by molar-refractivity contribution is 4.95. The van der Waals surface area contributed by atoms with Gasteiger partial charge >= 0.3 is 0 Å². The van der Waals surface area contributed by atoms with Gasteiger partial charge in [0, 0.05) is 12.1 Å². The van der Waals surface area contributed by atoms with E-state index in [-0.39, 0.29) is 0 Å². The lowest BCUT2D eigenvalue weighted by atomic mass is 9.75. The van der Waals surface area contributed by atoms with Gasteiger partial charge in [-0.2, -0.15) is 0 Å². The molecule has 1 N–H and O–H groups in total. The first-order valence-corrected chi connectivity index (χ1v) is 7.42. The molecule has 3 fully saturated rings. The van der Waals surface area contributed by atoms with Gasteiger partial charge in [0.2, 0.25) is 0 Å². The Morgan fingerprint density at radius 1 is 0.812 bits per heavy atom. The van der Waals surface area contributed by atoms with Crippen molar-refractivity contribution in [1.29, 1.82) is 0 Å². The molecule has 0 bridgehead atoms. The van der Waals surface area contributed by atoms with Gasteiger partial charge in [0.15, 0.2) is 0 Å². The van der Waals surface area contributed by atoms with Gasteiger partial charge in [-0.1, -0.05) is 12.8 Å². The topological polar surface area (TPSA) is 15.3 Å². The predicted molar refractivity (Wildman–Crippen MR) is 67.6 cm³/mol. The van der Waals surface area contributed by atoms with Gasteiger partial charge in [-0.3, -0.25) is 4.90 Å². The van der Waals surface area contributed by atoms with E-state index in [9.17, 15) is 0 Å². The normalized spacial score (nSPS) is 41.6. The number of nitrogens with one attached hydrogen (secondary N) is 1. The predicted octanol–water partition coefficient (Wildman–Crippen LogP) is 2.39. The Morgan fingerprint density at radius 2 is 1.62 bits per heavy atom. The number of likely N-dealkylation sites (tertiary alicyclic amines) is 1. The Labute approximate surface area is 99.8 Å². The number of nitrogens with zero attached hydrogens (tertiary/aromatic N) is 1. The van der Waals surface area contributed by atoms with Crippen LogP contribution in [0.2, 0.25) is 0 Å². The summed E-state index contributed by atoms with van der Waals surface area (Å²) in [5.74, 6) is 0.995. The zero-order chi connectivity index (χ0) is 10.8. The van der Waals surface area contributed by atoms with Crippen molar-refractivity contribution in [3.05, 3.63) is 0 Å². The summed E-state index contributed by atoms with van der Waals surface area (Å²) in [7, 11) is 0. The van der Waals surface area contributed by atoms with Crippen LogP contribution in [0.4, 0.5) is 0 Å². The number of hydrogen-bond acceptors (Lipinski definition) is 2. The second-order valence-corrected chi connectivity index (χ2v) is 5.98. The molecule has 2 aliphatic heterocycles. The van der Waals surface area contributed by atoms with Crippen LogP contribution in [0, 0.1) is 5.92 Å². The molecular weight excluding hydrogens is 196 g/mol. The lowest BCUT2D eigenvalue weighted by molar-refractivity contribution is 0.0588. The van der Waals surface area contributed by atoms with E-state index in [1.807, 2.05) is 0 Å². The minimum atomic E-state index is 0.834. The molecule has 0 radical (unpaired) electrons. The molecule has 3 rings (SSSR count). The molecule has 0 aromatic rings. The SMILES string of the molecule is C1CCN(C2CCCC3CCCNC32)CC1. The van der Waals surface area contributed by atoms with Crippen molar-refractivity contribution in [1.82, 2.24) is 10.2 Å². The van der Waals surface area contributed by atoms with Gasteiger partial charge in [-0.25, -0.2) is 0 Å². The minimum Gasteiger partial charge on any atom is -0.312 e. The van der Waals surface area contributed by atoms with Gasteiger partial charge < -0.3 is 5.32 Å². The quantitative estimate of drug-likeness (QED) is 0.733. The van der Waals surface area contributed by atoms with Crippen molar-refractivity contribution < 1.29 is 0 Å². The van der Waals surface area contributed by atoms with E-state index >= 15 is 0 Å². The zero-order valence-corrected chi connectivity index (χ0v) is 10.5. The van der Waals surface area contributed by atoms with Crippen LogP contribution in [0.5, 0.6) is 0 Å². The van der Waals surface area contributed by atoms with Crippen LogP contribution >= 0.6 is 0 Å². The van der Waals surface area contributed by atoms with Crippen LogP contribution in [-0.2, 0) is 0 Å². The van der Waals surface area contributed by atoms with E-state index < -0.39 is 0 Å². The van der Waals surface area contributed by atoms with Crippen molar-refractivity contribution >= 4 is 0 Å². The minimum absolute atomic E-state index is 0.834. The van der Waals surface area contributed by atoms with E-state index in [0.29, 0.717) is 0 Å². The maximum absolute atomic E-state index is 3.83. The molecule has 0 spiro atoms. The molecule has 0 amide bonds. The van der Waals surface area contributed by atoms with Crippen LogP contribution in [-0.4, -0.2) is 36.6 Å². The first-order chi connectivity index (χ1) is 7.95. The van der Waals surface area contributed by atoms with Gasteiger partial charge in [0.05, 0.1) is 0 Å². The van der Waals surface area contributed by atoms with Crippen molar-refractivity contribution in [2.24, 2.45) is 5.92 Å². The Morgan fingerprint density at radius 3 is 2.50 bits per heavy atom. The molecular formula is C14H26N2. The molecule has 1 saturated carbocycles.